The quantitative estimate of drug-likeness (QED) is 0.283. The van der Waals surface area contributed by atoms with E-state index in [4.69, 9.17) is 0 Å². The second-order valence-electron chi connectivity index (χ2n) is 9.91. The lowest BCUT2D eigenvalue weighted by Crippen LogP contribution is -2.31. The van der Waals surface area contributed by atoms with Crippen molar-refractivity contribution in [2.45, 2.75) is 32.7 Å². The van der Waals surface area contributed by atoms with Gasteiger partial charge in [0.05, 0.1) is 17.8 Å². The maximum absolute atomic E-state index is 13.9. The fourth-order valence-electron chi connectivity index (χ4n) is 4.69. The van der Waals surface area contributed by atoms with Crippen LogP contribution in [0.5, 0.6) is 0 Å². The SMILES string of the molecule is CC(C)(C)c1ccccc1-n1c2c(c(-c3ccc(Br)cc3)cc1=O)C(=O)N(Cc1ccccc1)C2=O. The molecule has 2 heterocycles. The predicted molar refractivity (Wildman–Crippen MR) is 145 cm³/mol. The van der Waals surface area contributed by atoms with Crippen LogP contribution in [0.15, 0.2) is 94.2 Å². The summed E-state index contributed by atoms with van der Waals surface area (Å²) in [5.41, 5.74) is 3.23. The van der Waals surface area contributed by atoms with Crippen molar-refractivity contribution in [1.29, 1.82) is 0 Å². The molecule has 180 valence electrons. The number of rotatable bonds is 4. The molecule has 3 aromatic carbocycles. The predicted octanol–water partition coefficient (Wildman–Crippen LogP) is 6.36. The number of hydrogen-bond donors (Lipinski definition) is 0. The maximum atomic E-state index is 13.9. The van der Waals surface area contributed by atoms with Crippen molar-refractivity contribution in [3.8, 4) is 16.8 Å². The highest BCUT2D eigenvalue weighted by atomic mass is 79.9. The Morgan fingerprint density at radius 1 is 0.778 bits per heavy atom. The van der Waals surface area contributed by atoms with Gasteiger partial charge in [0, 0.05) is 16.1 Å². The second kappa shape index (κ2) is 9.03. The number of amides is 2. The fourth-order valence-corrected chi connectivity index (χ4v) is 4.96. The maximum Gasteiger partial charge on any atom is 0.278 e. The second-order valence-corrected chi connectivity index (χ2v) is 10.8. The first-order valence-corrected chi connectivity index (χ1v) is 12.5. The van der Waals surface area contributed by atoms with Crippen molar-refractivity contribution >= 4 is 27.7 Å². The van der Waals surface area contributed by atoms with Gasteiger partial charge in [0.15, 0.2) is 0 Å². The molecule has 0 fully saturated rings. The summed E-state index contributed by atoms with van der Waals surface area (Å²) in [6.07, 6.45) is 0. The first kappa shape index (κ1) is 23.9. The lowest BCUT2D eigenvalue weighted by molar-refractivity contribution is 0.0639. The molecule has 2 amide bonds. The summed E-state index contributed by atoms with van der Waals surface area (Å²) >= 11 is 3.44. The van der Waals surface area contributed by atoms with Crippen LogP contribution < -0.4 is 5.56 Å². The van der Waals surface area contributed by atoms with Crippen LogP contribution in [0.4, 0.5) is 0 Å². The van der Waals surface area contributed by atoms with Crippen LogP contribution in [-0.4, -0.2) is 21.3 Å². The van der Waals surface area contributed by atoms with E-state index in [0.29, 0.717) is 16.8 Å². The Balaban J connectivity index is 1.79. The molecule has 0 spiro atoms. The minimum atomic E-state index is -0.473. The highest BCUT2D eigenvalue weighted by Gasteiger charge is 2.41. The number of halogens is 1. The molecule has 1 aliphatic heterocycles. The molecule has 0 N–H and O–H groups in total. The van der Waals surface area contributed by atoms with Crippen molar-refractivity contribution in [1.82, 2.24) is 9.47 Å². The van der Waals surface area contributed by atoms with Crippen molar-refractivity contribution in [3.63, 3.8) is 0 Å². The number of benzene rings is 3. The minimum Gasteiger partial charge on any atom is -0.271 e. The molecule has 5 rings (SSSR count). The van der Waals surface area contributed by atoms with E-state index in [1.807, 2.05) is 78.9 Å². The molecular weight excluding hydrogens is 516 g/mol. The van der Waals surface area contributed by atoms with Gasteiger partial charge in [-0.15, -0.1) is 0 Å². The van der Waals surface area contributed by atoms with Crippen LogP contribution in [0.2, 0.25) is 0 Å². The lowest BCUT2D eigenvalue weighted by Gasteiger charge is -2.24. The van der Waals surface area contributed by atoms with Gasteiger partial charge in [0.25, 0.3) is 17.4 Å². The Kier molecular flexibility index (Phi) is 6.00. The number of fused-ring (bicyclic) bond motifs is 1. The highest BCUT2D eigenvalue weighted by molar-refractivity contribution is 9.10. The first-order chi connectivity index (χ1) is 17.2. The monoisotopic (exact) mass is 540 g/mol. The largest absolute Gasteiger partial charge is 0.278 e. The summed E-state index contributed by atoms with van der Waals surface area (Å²) in [7, 11) is 0. The topological polar surface area (TPSA) is 59.4 Å². The smallest absolute Gasteiger partial charge is 0.271 e. The summed E-state index contributed by atoms with van der Waals surface area (Å²) in [5, 5.41) is 0. The zero-order valence-electron chi connectivity index (χ0n) is 20.3. The van der Waals surface area contributed by atoms with E-state index in [0.717, 1.165) is 15.6 Å². The number of pyridine rings is 1. The van der Waals surface area contributed by atoms with Crippen LogP contribution in [0.1, 0.15) is 52.7 Å². The van der Waals surface area contributed by atoms with Gasteiger partial charge >= 0.3 is 0 Å². The Morgan fingerprint density at radius 3 is 2.08 bits per heavy atom. The normalized spacial score (nSPS) is 13.3. The summed E-state index contributed by atoms with van der Waals surface area (Å²) in [5.74, 6) is -0.877. The van der Waals surface area contributed by atoms with Crippen molar-refractivity contribution in [3.05, 3.63) is 122 Å². The van der Waals surface area contributed by atoms with E-state index in [-0.39, 0.29) is 28.8 Å². The van der Waals surface area contributed by atoms with E-state index in [2.05, 4.69) is 36.7 Å². The van der Waals surface area contributed by atoms with E-state index < -0.39 is 11.8 Å². The molecule has 4 aromatic rings. The van der Waals surface area contributed by atoms with Crippen LogP contribution in [0.3, 0.4) is 0 Å². The molecule has 0 atom stereocenters. The van der Waals surface area contributed by atoms with Gasteiger partial charge in [-0.1, -0.05) is 97.4 Å². The molecule has 0 bridgehead atoms. The third-order valence-electron chi connectivity index (χ3n) is 6.42. The number of carbonyl (C=O) groups is 2. The zero-order valence-corrected chi connectivity index (χ0v) is 21.9. The molecule has 0 saturated carbocycles. The molecule has 1 aromatic heterocycles. The average Bonchev–Trinajstić information content (AvgIpc) is 3.09. The van der Waals surface area contributed by atoms with Gasteiger partial charge in [-0.05, 0) is 40.3 Å². The zero-order chi connectivity index (χ0) is 25.6. The lowest BCUT2D eigenvalue weighted by atomic mass is 9.85. The summed E-state index contributed by atoms with van der Waals surface area (Å²) in [6, 6.07) is 25.8. The first-order valence-electron chi connectivity index (χ1n) is 11.7. The third-order valence-corrected chi connectivity index (χ3v) is 6.95. The molecule has 5 nitrogen and oxygen atoms in total. The summed E-state index contributed by atoms with van der Waals surface area (Å²) in [4.78, 5) is 42.7. The summed E-state index contributed by atoms with van der Waals surface area (Å²) in [6.45, 7) is 6.30. The van der Waals surface area contributed by atoms with Gasteiger partial charge in [-0.25, -0.2) is 0 Å². The van der Waals surface area contributed by atoms with E-state index >= 15 is 0 Å². The number of para-hydroxylation sites is 1. The number of carbonyl (C=O) groups excluding carboxylic acids is 2. The Bertz CT molecular complexity index is 1550. The molecule has 36 heavy (non-hydrogen) atoms. The molecule has 0 saturated heterocycles. The number of aromatic nitrogens is 1. The average molecular weight is 541 g/mol. The van der Waals surface area contributed by atoms with Gasteiger partial charge in [-0.2, -0.15) is 0 Å². The van der Waals surface area contributed by atoms with E-state index in [1.165, 1.54) is 15.5 Å². The molecule has 0 radical (unpaired) electrons. The fraction of sp³-hybridized carbons (Fsp3) is 0.167. The van der Waals surface area contributed by atoms with Crippen LogP contribution in [0, 0.1) is 0 Å². The number of imide groups is 1. The van der Waals surface area contributed by atoms with Crippen molar-refractivity contribution < 1.29 is 9.59 Å². The Hall–Kier alpha value is -3.77. The van der Waals surface area contributed by atoms with E-state index in [9.17, 15) is 14.4 Å². The molecule has 0 unspecified atom stereocenters. The van der Waals surface area contributed by atoms with Crippen LogP contribution in [-0.2, 0) is 12.0 Å². The highest BCUT2D eigenvalue weighted by Crippen LogP contribution is 2.36. The van der Waals surface area contributed by atoms with Gasteiger partial charge in [-0.3, -0.25) is 23.9 Å². The number of nitrogens with zero attached hydrogens (tertiary/aromatic N) is 2. The van der Waals surface area contributed by atoms with E-state index in [1.54, 1.807) is 0 Å². The van der Waals surface area contributed by atoms with Crippen molar-refractivity contribution in [2.24, 2.45) is 0 Å². The summed E-state index contributed by atoms with van der Waals surface area (Å²) < 4.78 is 2.30. The molecule has 1 aliphatic rings. The van der Waals surface area contributed by atoms with Gasteiger partial charge < -0.3 is 0 Å². The third kappa shape index (κ3) is 4.11. The molecule has 6 heteroatoms. The van der Waals surface area contributed by atoms with Crippen LogP contribution in [0.25, 0.3) is 16.8 Å². The van der Waals surface area contributed by atoms with Gasteiger partial charge in [0.1, 0.15) is 5.69 Å². The molecule has 0 aliphatic carbocycles. The van der Waals surface area contributed by atoms with Crippen molar-refractivity contribution in [2.75, 3.05) is 0 Å². The molecular formula is C30H25BrN2O3. The van der Waals surface area contributed by atoms with Crippen LogP contribution >= 0.6 is 15.9 Å². The minimum absolute atomic E-state index is 0.109. The Morgan fingerprint density at radius 2 is 1.42 bits per heavy atom. The van der Waals surface area contributed by atoms with Gasteiger partial charge in [0.2, 0.25) is 0 Å². The number of hydrogen-bond acceptors (Lipinski definition) is 3. The Labute approximate surface area is 218 Å². The standard InChI is InChI=1S/C30H25BrN2O3/c1-30(2,3)23-11-7-8-12-24(23)33-25(34)17-22(20-13-15-21(31)16-14-20)26-27(33)29(36)32(28(26)35)18-19-9-5-4-6-10-19/h4-17H,18H2,1-3H3.